The predicted molar refractivity (Wildman–Crippen MR) is 99.8 cm³/mol. The topological polar surface area (TPSA) is 55.5 Å². The van der Waals surface area contributed by atoms with Crippen molar-refractivity contribution in [3.63, 3.8) is 0 Å². The Balaban J connectivity index is 1.41. The number of rotatable bonds is 5. The Bertz CT molecular complexity index is 877. The summed E-state index contributed by atoms with van der Waals surface area (Å²) in [7, 11) is 0. The lowest BCUT2D eigenvalue weighted by molar-refractivity contribution is -0.0120. The molecule has 1 aliphatic rings. The molecule has 1 fully saturated rings. The van der Waals surface area contributed by atoms with Crippen LogP contribution in [0.5, 0.6) is 0 Å². The summed E-state index contributed by atoms with van der Waals surface area (Å²) in [5.74, 6) is 0. The number of hydrogen-bond donors (Lipinski definition) is 0. The molecule has 1 aliphatic heterocycles. The van der Waals surface area contributed by atoms with E-state index in [4.69, 9.17) is 9.72 Å². The Morgan fingerprint density at radius 3 is 3.04 bits per heavy atom. The van der Waals surface area contributed by atoms with E-state index in [0.717, 1.165) is 55.1 Å². The minimum absolute atomic E-state index is 0.266. The Hall–Kier alpha value is -2.31. The Morgan fingerprint density at radius 1 is 1.27 bits per heavy atom. The fourth-order valence-corrected chi connectivity index (χ4v) is 3.66. The van der Waals surface area contributed by atoms with E-state index >= 15 is 0 Å². The third-order valence-corrected chi connectivity index (χ3v) is 4.92. The van der Waals surface area contributed by atoms with Crippen LogP contribution in [0, 0.1) is 13.8 Å². The Labute approximate surface area is 153 Å². The number of nitrogens with zero attached hydrogens (tertiary/aromatic N) is 5. The average molecular weight is 351 g/mol. The quantitative estimate of drug-likeness (QED) is 0.707. The van der Waals surface area contributed by atoms with Crippen LogP contribution in [-0.2, 0) is 17.9 Å². The first-order valence-corrected chi connectivity index (χ1v) is 9.23. The fourth-order valence-electron chi connectivity index (χ4n) is 3.66. The molecule has 0 bridgehead atoms. The number of aromatic nitrogens is 4. The predicted octanol–water partition coefficient (Wildman–Crippen LogP) is 2.92. The normalized spacial score (nSPS) is 18.5. The van der Waals surface area contributed by atoms with Crippen molar-refractivity contribution >= 4 is 5.65 Å². The summed E-state index contributed by atoms with van der Waals surface area (Å²) in [5, 5.41) is 4.51. The number of fused-ring (bicyclic) bond motifs is 1. The highest BCUT2D eigenvalue weighted by Gasteiger charge is 2.22. The SMILES string of the molecule is Cc1cc(C)n2ncc(CN3CCC[C@H](OCc4cccnc4)C3)c2n1. The van der Waals surface area contributed by atoms with Gasteiger partial charge in [-0.2, -0.15) is 5.10 Å². The molecule has 26 heavy (non-hydrogen) atoms. The van der Waals surface area contributed by atoms with Crippen molar-refractivity contribution in [2.75, 3.05) is 13.1 Å². The highest BCUT2D eigenvalue weighted by molar-refractivity contribution is 5.47. The molecular weight excluding hydrogens is 326 g/mol. The molecule has 6 nitrogen and oxygen atoms in total. The average Bonchev–Trinajstić information content (AvgIpc) is 3.04. The van der Waals surface area contributed by atoms with E-state index in [-0.39, 0.29) is 6.10 Å². The van der Waals surface area contributed by atoms with Gasteiger partial charge in [-0.25, -0.2) is 9.50 Å². The Morgan fingerprint density at radius 2 is 2.19 bits per heavy atom. The molecule has 0 spiro atoms. The number of aryl methyl sites for hydroxylation is 2. The van der Waals surface area contributed by atoms with Crippen molar-refractivity contribution in [2.24, 2.45) is 0 Å². The van der Waals surface area contributed by atoms with Crippen LogP contribution < -0.4 is 0 Å². The second-order valence-electron chi connectivity index (χ2n) is 7.12. The van der Waals surface area contributed by atoms with Crippen molar-refractivity contribution in [1.82, 2.24) is 24.5 Å². The molecular formula is C20H25N5O. The summed E-state index contributed by atoms with van der Waals surface area (Å²) in [6, 6.07) is 6.07. The molecule has 0 radical (unpaired) electrons. The van der Waals surface area contributed by atoms with Gasteiger partial charge in [0.05, 0.1) is 18.9 Å². The van der Waals surface area contributed by atoms with Crippen molar-refractivity contribution < 1.29 is 4.74 Å². The largest absolute Gasteiger partial charge is 0.372 e. The molecule has 1 atom stereocenters. The lowest BCUT2D eigenvalue weighted by atomic mass is 10.1. The summed E-state index contributed by atoms with van der Waals surface area (Å²) >= 11 is 0. The van der Waals surface area contributed by atoms with Crippen molar-refractivity contribution in [3.8, 4) is 0 Å². The van der Waals surface area contributed by atoms with Gasteiger partial charge in [0.1, 0.15) is 0 Å². The molecule has 4 rings (SSSR count). The van der Waals surface area contributed by atoms with Crippen molar-refractivity contribution in [2.45, 2.75) is 45.9 Å². The van der Waals surface area contributed by atoms with Gasteiger partial charge in [-0.1, -0.05) is 6.07 Å². The van der Waals surface area contributed by atoms with Gasteiger partial charge >= 0.3 is 0 Å². The van der Waals surface area contributed by atoms with Crippen LogP contribution in [0.25, 0.3) is 5.65 Å². The van der Waals surface area contributed by atoms with Crippen LogP contribution >= 0.6 is 0 Å². The van der Waals surface area contributed by atoms with Crippen LogP contribution in [0.4, 0.5) is 0 Å². The fraction of sp³-hybridized carbons (Fsp3) is 0.450. The number of hydrogen-bond acceptors (Lipinski definition) is 5. The molecule has 3 aromatic rings. The van der Waals surface area contributed by atoms with Gasteiger partial charge in [0.2, 0.25) is 0 Å². The monoisotopic (exact) mass is 351 g/mol. The lowest BCUT2D eigenvalue weighted by Gasteiger charge is -2.32. The summed E-state index contributed by atoms with van der Waals surface area (Å²) < 4.78 is 8.06. The van der Waals surface area contributed by atoms with E-state index in [9.17, 15) is 0 Å². The molecule has 0 aromatic carbocycles. The summed E-state index contributed by atoms with van der Waals surface area (Å²) in [5.41, 5.74) is 5.44. The number of piperidine rings is 1. The van der Waals surface area contributed by atoms with Gasteiger partial charge in [0, 0.05) is 42.4 Å². The Kier molecular flexibility index (Phi) is 4.95. The molecule has 136 valence electrons. The zero-order chi connectivity index (χ0) is 17.9. The minimum atomic E-state index is 0.266. The van der Waals surface area contributed by atoms with Crippen LogP contribution in [-0.4, -0.2) is 43.7 Å². The van der Waals surface area contributed by atoms with Crippen LogP contribution in [0.2, 0.25) is 0 Å². The van der Waals surface area contributed by atoms with E-state index in [1.54, 1.807) is 6.20 Å². The molecule has 0 unspecified atom stereocenters. The van der Waals surface area contributed by atoms with Crippen molar-refractivity contribution in [3.05, 3.63) is 59.3 Å². The molecule has 1 saturated heterocycles. The lowest BCUT2D eigenvalue weighted by Crippen LogP contribution is -2.39. The van der Waals surface area contributed by atoms with Gasteiger partial charge in [0.15, 0.2) is 5.65 Å². The van der Waals surface area contributed by atoms with Gasteiger partial charge in [-0.15, -0.1) is 0 Å². The summed E-state index contributed by atoms with van der Waals surface area (Å²) in [6.45, 7) is 7.64. The standard InChI is InChI=1S/C20H25N5O/c1-15-9-16(2)25-20(23-15)18(11-22-25)12-24-8-4-6-19(13-24)26-14-17-5-3-7-21-10-17/h3,5,7,9-11,19H,4,6,8,12-14H2,1-2H3/t19-/m0/s1. The maximum absolute atomic E-state index is 6.13. The van der Waals surface area contributed by atoms with Gasteiger partial charge < -0.3 is 4.74 Å². The number of pyridine rings is 1. The number of ether oxygens (including phenoxy) is 1. The summed E-state index contributed by atoms with van der Waals surface area (Å²) in [6.07, 6.45) is 8.15. The molecule has 0 aliphatic carbocycles. The number of likely N-dealkylation sites (tertiary alicyclic amines) is 1. The molecule has 0 saturated carbocycles. The van der Waals surface area contributed by atoms with E-state index in [1.165, 1.54) is 5.56 Å². The van der Waals surface area contributed by atoms with E-state index in [1.807, 2.05) is 29.9 Å². The zero-order valence-electron chi connectivity index (χ0n) is 15.4. The highest BCUT2D eigenvalue weighted by Crippen LogP contribution is 2.19. The molecule has 4 heterocycles. The third-order valence-electron chi connectivity index (χ3n) is 4.92. The van der Waals surface area contributed by atoms with Crippen LogP contribution in [0.15, 0.2) is 36.8 Å². The smallest absolute Gasteiger partial charge is 0.159 e. The second kappa shape index (κ2) is 7.51. The van der Waals surface area contributed by atoms with Gasteiger partial charge in [-0.3, -0.25) is 9.88 Å². The maximum atomic E-state index is 6.13. The van der Waals surface area contributed by atoms with Crippen LogP contribution in [0.3, 0.4) is 0 Å². The maximum Gasteiger partial charge on any atom is 0.159 e. The van der Waals surface area contributed by atoms with E-state index < -0.39 is 0 Å². The molecule has 0 N–H and O–H groups in total. The first kappa shape index (κ1) is 17.1. The van der Waals surface area contributed by atoms with Crippen molar-refractivity contribution in [1.29, 1.82) is 0 Å². The minimum Gasteiger partial charge on any atom is -0.372 e. The third kappa shape index (κ3) is 3.76. The van der Waals surface area contributed by atoms with Gasteiger partial charge in [-0.05, 0) is 50.9 Å². The molecule has 6 heteroatoms. The highest BCUT2D eigenvalue weighted by atomic mass is 16.5. The summed E-state index contributed by atoms with van der Waals surface area (Å²) in [4.78, 5) is 11.3. The second-order valence-corrected chi connectivity index (χ2v) is 7.12. The first-order valence-electron chi connectivity index (χ1n) is 9.23. The van der Waals surface area contributed by atoms with Crippen LogP contribution in [0.1, 0.15) is 35.4 Å². The zero-order valence-corrected chi connectivity index (χ0v) is 15.4. The van der Waals surface area contributed by atoms with E-state index in [2.05, 4.69) is 34.0 Å². The molecule has 3 aromatic heterocycles. The first-order chi connectivity index (χ1) is 12.7. The van der Waals surface area contributed by atoms with E-state index in [0.29, 0.717) is 6.61 Å². The van der Waals surface area contributed by atoms with Gasteiger partial charge in [0.25, 0.3) is 0 Å². The molecule has 0 amide bonds.